The van der Waals surface area contributed by atoms with E-state index >= 15 is 0 Å². The lowest BCUT2D eigenvalue weighted by atomic mass is 10.2. The zero-order valence-corrected chi connectivity index (χ0v) is 11.5. The first-order chi connectivity index (χ1) is 8.22. The van der Waals surface area contributed by atoms with Gasteiger partial charge in [-0.2, -0.15) is 0 Å². The Balaban J connectivity index is 2.97. The molecule has 100 valence electrons. The van der Waals surface area contributed by atoms with Gasteiger partial charge in [-0.25, -0.2) is 8.42 Å². The molecule has 0 saturated heterocycles. The van der Waals surface area contributed by atoms with Crippen molar-refractivity contribution >= 4 is 21.4 Å². The maximum Gasteiger partial charge on any atom is 0.235 e. The van der Waals surface area contributed by atoms with Gasteiger partial charge in [-0.3, -0.25) is 4.79 Å². The molecule has 0 spiro atoms. The summed E-state index contributed by atoms with van der Waals surface area (Å²) >= 11 is 0. The maximum absolute atomic E-state index is 12.0. The molecule has 1 aromatic rings. The van der Waals surface area contributed by atoms with E-state index in [9.17, 15) is 13.2 Å². The third-order valence-electron chi connectivity index (χ3n) is 2.27. The molecule has 18 heavy (non-hydrogen) atoms. The molecule has 0 aliphatic carbocycles. The van der Waals surface area contributed by atoms with Gasteiger partial charge >= 0.3 is 0 Å². The Bertz CT molecular complexity index is 550. The zero-order valence-electron chi connectivity index (χ0n) is 10.7. The molecule has 0 radical (unpaired) electrons. The maximum atomic E-state index is 12.0. The molecule has 5 nitrogen and oxygen atoms in total. The third-order valence-corrected chi connectivity index (χ3v) is 3.96. The molecule has 0 aliphatic rings. The van der Waals surface area contributed by atoms with Gasteiger partial charge in [-0.1, -0.05) is 6.07 Å². The van der Waals surface area contributed by atoms with Crippen LogP contribution in [0.2, 0.25) is 0 Å². The van der Waals surface area contributed by atoms with Crippen molar-refractivity contribution < 1.29 is 13.2 Å². The van der Waals surface area contributed by atoms with Gasteiger partial charge in [-0.05, 0) is 38.5 Å². The van der Waals surface area contributed by atoms with Crippen LogP contribution in [0.15, 0.2) is 23.1 Å². The summed E-state index contributed by atoms with van der Waals surface area (Å²) in [5.74, 6) is -1.11. The van der Waals surface area contributed by atoms with Gasteiger partial charge in [0.2, 0.25) is 5.91 Å². The highest BCUT2D eigenvalue weighted by atomic mass is 32.2. The second kappa shape index (κ2) is 5.39. The van der Waals surface area contributed by atoms with E-state index in [2.05, 4.69) is 5.32 Å². The predicted molar refractivity (Wildman–Crippen MR) is 70.9 cm³/mol. The lowest BCUT2D eigenvalue weighted by Crippen LogP contribution is -2.35. The number of hydrogen-bond donors (Lipinski definition) is 2. The first-order valence-electron chi connectivity index (χ1n) is 5.60. The second-order valence-corrected chi connectivity index (χ2v) is 6.48. The van der Waals surface area contributed by atoms with Crippen LogP contribution in [0.4, 0.5) is 5.69 Å². The van der Waals surface area contributed by atoms with E-state index in [4.69, 9.17) is 5.73 Å². The summed E-state index contributed by atoms with van der Waals surface area (Å²) in [6.07, 6.45) is 0. The molecule has 0 bridgehead atoms. The largest absolute Gasteiger partial charge is 0.398 e. The number of carbonyl (C=O) groups is 1. The quantitative estimate of drug-likeness (QED) is 0.795. The average molecular weight is 270 g/mol. The average Bonchev–Trinajstić information content (AvgIpc) is 2.13. The van der Waals surface area contributed by atoms with Gasteiger partial charge < -0.3 is 11.1 Å². The van der Waals surface area contributed by atoms with E-state index in [1.54, 1.807) is 26.0 Å². The summed E-state index contributed by atoms with van der Waals surface area (Å²) in [4.78, 5) is 11.5. The van der Waals surface area contributed by atoms with Gasteiger partial charge in [0, 0.05) is 6.04 Å². The van der Waals surface area contributed by atoms with Crippen molar-refractivity contribution in [2.75, 3.05) is 11.5 Å². The van der Waals surface area contributed by atoms with E-state index < -0.39 is 21.5 Å². The molecular formula is C12H18N2O3S. The minimum absolute atomic E-state index is 0.00649. The van der Waals surface area contributed by atoms with Crippen molar-refractivity contribution in [2.45, 2.75) is 31.7 Å². The van der Waals surface area contributed by atoms with Crippen molar-refractivity contribution in [3.8, 4) is 0 Å². The number of anilines is 1. The van der Waals surface area contributed by atoms with Crippen LogP contribution in [-0.2, 0) is 14.6 Å². The van der Waals surface area contributed by atoms with Crippen LogP contribution in [0.3, 0.4) is 0 Å². The minimum Gasteiger partial charge on any atom is -0.398 e. The van der Waals surface area contributed by atoms with E-state index in [1.807, 2.05) is 6.92 Å². The smallest absolute Gasteiger partial charge is 0.235 e. The Hall–Kier alpha value is -1.56. The van der Waals surface area contributed by atoms with Crippen molar-refractivity contribution in [1.29, 1.82) is 0 Å². The van der Waals surface area contributed by atoms with Crippen LogP contribution in [0, 0.1) is 6.92 Å². The molecule has 0 saturated carbocycles. The number of carbonyl (C=O) groups excluding carboxylic acids is 1. The van der Waals surface area contributed by atoms with Gasteiger partial charge in [-0.15, -0.1) is 0 Å². The Kier molecular flexibility index (Phi) is 4.34. The van der Waals surface area contributed by atoms with Crippen molar-refractivity contribution in [3.05, 3.63) is 23.8 Å². The third kappa shape index (κ3) is 3.73. The van der Waals surface area contributed by atoms with E-state index in [-0.39, 0.29) is 16.6 Å². The van der Waals surface area contributed by atoms with Gasteiger partial charge in [0.15, 0.2) is 9.84 Å². The molecule has 0 unspecified atom stereocenters. The molecule has 1 aromatic carbocycles. The lowest BCUT2D eigenvalue weighted by Gasteiger charge is -2.10. The molecule has 1 rings (SSSR count). The van der Waals surface area contributed by atoms with Gasteiger partial charge in [0.05, 0.1) is 10.6 Å². The number of nitrogens with two attached hydrogens (primary N) is 1. The lowest BCUT2D eigenvalue weighted by molar-refractivity contribution is -0.119. The predicted octanol–water partition coefficient (Wildman–Crippen LogP) is 0.876. The second-order valence-electron chi connectivity index (χ2n) is 4.52. The molecule has 3 N–H and O–H groups in total. The molecule has 6 heteroatoms. The van der Waals surface area contributed by atoms with Gasteiger partial charge in [0.1, 0.15) is 5.75 Å². The minimum atomic E-state index is -3.69. The highest BCUT2D eigenvalue weighted by Gasteiger charge is 2.21. The standard InChI is InChI=1S/C12H18N2O3S/c1-8(2)14-12(15)7-18(16,17)11-5-4-9(3)6-10(11)13/h4-6,8H,7,13H2,1-3H3,(H,14,15). The fourth-order valence-corrected chi connectivity index (χ4v) is 2.84. The molecule has 0 atom stereocenters. The van der Waals surface area contributed by atoms with Gasteiger partial charge in [0.25, 0.3) is 0 Å². The van der Waals surface area contributed by atoms with Crippen molar-refractivity contribution in [1.82, 2.24) is 5.32 Å². The Morgan fingerprint density at radius 2 is 2.00 bits per heavy atom. The number of amides is 1. The summed E-state index contributed by atoms with van der Waals surface area (Å²) in [6, 6.07) is 4.57. The zero-order chi connectivity index (χ0) is 13.9. The number of benzene rings is 1. The Morgan fingerprint density at radius 1 is 1.39 bits per heavy atom. The number of nitrogen functional groups attached to an aromatic ring is 1. The fraction of sp³-hybridized carbons (Fsp3) is 0.417. The van der Waals surface area contributed by atoms with E-state index in [1.165, 1.54) is 6.07 Å². The topological polar surface area (TPSA) is 89.3 Å². The van der Waals surface area contributed by atoms with Crippen LogP contribution in [0.1, 0.15) is 19.4 Å². The molecule has 0 aliphatic heterocycles. The first kappa shape index (κ1) is 14.5. The van der Waals surface area contributed by atoms with Crippen LogP contribution in [0.5, 0.6) is 0 Å². The number of rotatable bonds is 4. The summed E-state index contributed by atoms with van der Waals surface area (Å²) in [5, 5.41) is 2.54. The molecule has 0 heterocycles. The van der Waals surface area contributed by atoms with Crippen LogP contribution < -0.4 is 11.1 Å². The summed E-state index contributed by atoms with van der Waals surface area (Å²) in [6.45, 7) is 5.35. The Morgan fingerprint density at radius 3 is 2.50 bits per heavy atom. The number of sulfone groups is 1. The highest BCUT2D eigenvalue weighted by Crippen LogP contribution is 2.20. The van der Waals surface area contributed by atoms with E-state index in [0.717, 1.165) is 5.56 Å². The molecule has 1 amide bonds. The normalized spacial score (nSPS) is 11.6. The fourth-order valence-electron chi connectivity index (χ4n) is 1.57. The summed E-state index contributed by atoms with van der Waals surface area (Å²) in [7, 11) is -3.69. The number of aryl methyl sites for hydroxylation is 1. The van der Waals surface area contributed by atoms with Crippen molar-refractivity contribution in [3.63, 3.8) is 0 Å². The Labute approximate surface area is 107 Å². The van der Waals surface area contributed by atoms with Crippen LogP contribution in [0.25, 0.3) is 0 Å². The SMILES string of the molecule is Cc1ccc(S(=O)(=O)CC(=O)NC(C)C)c(N)c1. The van der Waals surface area contributed by atoms with E-state index in [0.29, 0.717) is 0 Å². The summed E-state index contributed by atoms with van der Waals surface area (Å²) < 4.78 is 24.0. The highest BCUT2D eigenvalue weighted by molar-refractivity contribution is 7.92. The monoisotopic (exact) mass is 270 g/mol. The summed E-state index contributed by atoms with van der Waals surface area (Å²) in [5.41, 5.74) is 6.72. The first-order valence-corrected chi connectivity index (χ1v) is 7.26. The van der Waals surface area contributed by atoms with Crippen molar-refractivity contribution in [2.24, 2.45) is 0 Å². The molecule has 0 fully saturated rings. The van der Waals surface area contributed by atoms with Crippen LogP contribution >= 0.6 is 0 Å². The number of nitrogens with one attached hydrogen (secondary N) is 1. The van der Waals surface area contributed by atoms with Crippen LogP contribution in [-0.4, -0.2) is 26.1 Å². The number of hydrogen-bond acceptors (Lipinski definition) is 4. The molecule has 0 aromatic heterocycles. The molecular weight excluding hydrogens is 252 g/mol.